The lowest BCUT2D eigenvalue weighted by Gasteiger charge is -2.10. The van der Waals surface area contributed by atoms with Crippen LogP contribution in [-0.2, 0) is 17.5 Å². The van der Waals surface area contributed by atoms with Crippen LogP contribution in [0.2, 0.25) is 0 Å². The van der Waals surface area contributed by atoms with E-state index in [1.807, 2.05) is 0 Å². The van der Waals surface area contributed by atoms with E-state index in [0.29, 0.717) is 18.0 Å². The number of aromatic amines is 1. The Bertz CT molecular complexity index is 778. The van der Waals surface area contributed by atoms with Gasteiger partial charge in [-0.05, 0) is 19.9 Å². The lowest BCUT2D eigenvalue weighted by Crippen LogP contribution is -2.23. The lowest BCUT2D eigenvalue weighted by molar-refractivity contribution is -0.138. The molecule has 2 aromatic rings. The molecule has 0 aliphatic heterocycles. The molecule has 0 atom stereocenters. The minimum Gasteiger partial charge on any atom is -0.462 e. The average molecular weight is 329 g/mol. The quantitative estimate of drug-likeness (QED) is 0.872. The van der Waals surface area contributed by atoms with E-state index in [9.17, 15) is 22.8 Å². The fourth-order valence-corrected chi connectivity index (χ4v) is 2.05. The van der Waals surface area contributed by atoms with Gasteiger partial charge in [0.1, 0.15) is 5.56 Å². The number of hydrogen-bond acceptors (Lipinski definition) is 4. The molecule has 2 aromatic heterocycles. The van der Waals surface area contributed by atoms with Crippen LogP contribution in [0.25, 0.3) is 0 Å². The summed E-state index contributed by atoms with van der Waals surface area (Å²) in [5.41, 5.74) is -0.910. The van der Waals surface area contributed by atoms with Crippen LogP contribution in [0, 0.1) is 6.92 Å². The third-order valence-electron chi connectivity index (χ3n) is 3.13. The first-order valence-corrected chi connectivity index (χ1v) is 6.72. The van der Waals surface area contributed by atoms with Crippen molar-refractivity contribution in [2.75, 3.05) is 6.61 Å². The zero-order chi connectivity index (χ0) is 17.2. The second kappa shape index (κ2) is 6.27. The normalized spacial score (nSPS) is 11.5. The maximum absolute atomic E-state index is 12.7. The molecular formula is C14H14F3N3O3. The molecule has 23 heavy (non-hydrogen) atoms. The molecule has 0 unspecified atom stereocenters. The van der Waals surface area contributed by atoms with Crippen LogP contribution in [-0.4, -0.2) is 27.3 Å². The largest absolute Gasteiger partial charge is 0.462 e. The third-order valence-corrected chi connectivity index (χ3v) is 3.13. The lowest BCUT2D eigenvalue weighted by atomic mass is 10.2. The Labute approximate surface area is 128 Å². The van der Waals surface area contributed by atoms with Gasteiger partial charge in [0.15, 0.2) is 0 Å². The summed E-state index contributed by atoms with van der Waals surface area (Å²) in [6.07, 6.45) is -3.87. The van der Waals surface area contributed by atoms with Gasteiger partial charge in [0.25, 0.3) is 5.56 Å². The van der Waals surface area contributed by atoms with Crippen molar-refractivity contribution in [3.63, 3.8) is 0 Å². The van der Waals surface area contributed by atoms with Gasteiger partial charge in [0, 0.05) is 18.0 Å². The van der Waals surface area contributed by atoms with E-state index in [-0.39, 0.29) is 24.4 Å². The monoisotopic (exact) mass is 329 g/mol. The number of ether oxygens (including phenoxy) is 1. The minimum atomic E-state index is -4.57. The number of carbonyl (C=O) groups excluding carboxylic acids is 1. The average Bonchev–Trinajstić information content (AvgIpc) is 2.81. The van der Waals surface area contributed by atoms with Gasteiger partial charge < -0.3 is 9.30 Å². The summed E-state index contributed by atoms with van der Waals surface area (Å²) in [6, 6.07) is 1.53. The van der Waals surface area contributed by atoms with Crippen molar-refractivity contribution in [3.8, 4) is 0 Å². The van der Waals surface area contributed by atoms with E-state index in [1.54, 1.807) is 13.8 Å². The number of rotatable bonds is 4. The van der Waals surface area contributed by atoms with Crippen LogP contribution in [0.5, 0.6) is 0 Å². The second-order valence-corrected chi connectivity index (χ2v) is 4.77. The minimum absolute atomic E-state index is 0.121. The van der Waals surface area contributed by atoms with Crippen LogP contribution in [0.4, 0.5) is 13.2 Å². The number of aromatic nitrogens is 3. The summed E-state index contributed by atoms with van der Waals surface area (Å²) >= 11 is 0. The van der Waals surface area contributed by atoms with Gasteiger partial charge in [0.2, 0.25) is 0 Å². The number of pyridine rings is 1. The molecule has 0 spiro atoms. The summed E-state index contributed by atoms with van der Waals surface area (Å²) in [5, 5.41) is 6.45. The predicted molar refractivity (Wildman–Crippen MR) is 74.1 cm³/mol. The van der Waals surface area contributed by atoms with Gasteiger partial charge in [-0.2, -0.15) is 18.3 Å². The van der Waals surface area contributed by atoms with Crippen molar-refractivity contribution >= 4 is 5.97 Å². The van der Waals surface area contributed by atoms with Crippen molar-refractivity contribution < 1.29 is 22.7 Å². The molecule has 0 fully saturated rings. The molecule has 124 valence electrons. The maximum atomic E-state index is 12.7. The Balaban J connectivity index is 2.41. The Hall–Kier alpha value is -2.58. The first-order valence-electron chi connectivity index (χ1n) is 6.72. The summed E-state index contributed by atoms with van der Waals surface area (Å²) in [6.45, 7) is 3.08. The highest BCUT2D eigenvalue weighted by molar-refractivity contribution is 5.91. The molecule has 1 N–H and O–H groups in total. The Morgan fingerprint density at radius 3 is 2.70 bits per heavy atom. The van der Waals surface area contributed by atoms with Crippen molar-refractivity contribution in [1.82, 2.24) is 14.8 Å². The zero-order valence-corrected chi connectivity index (χ0v) is 12.4. The van der Waals surface area contributed by atoms with E-state index < -0.39 is 23.3 Å². The summed E-state index contributed by atoms with van der Waals surface area (Å²) in [7, 11) is 0. The molecule has 0 aromatic carbocycles. The summed E-state index contributed by atoms with van der Waals surface area (Å²) in [4.78, 5) is 23.7. The molecule has 2 heterocycles. The van der Waals surface area contributed by atoms with Gasteiger partial charge in [-0.3, -0.25) is 9.89 Å². The molecule has 2 rings (SSSR count). The number of hydrogen-bond donors (Lipinski definition) is 1. The molecule has 0 aliphatic carbocycles. The maximum Gasteiger partial charge on any atom is 0.417 e. The molecular weight excluding hydrogens is 315 g/mol. The van der Waals surface area contributed by atoms with Crippen molar-refractivity contribution in [2.45, 2.75) is 26.6 Å². The van der Waals surface area contributed by atoms with Crippen molar-refractivity contribution in [3.05, 3.63) is 51.2 Å². The standard InChI is InChI=1S/C14H14F3N3O3/c1-3-23-13(22)12-8(2)18-19-10(12)7-20-6-9(14(15,16)17)4-5-11(20)21/h4-6H,3,7H2,1-2H3,(H,18,19). The fraction of sp³-hybridized carbons (Fsp3) is 0.357. The fourth-order valence-electron chi connectivity index (χ4n) is 2.05. The highest BCUT2D eigenvalue weighted by Gasteiger charge is 2.31. The molecule has 0 saturated heterocycles. The molecule has 9 heteroatoms. The first-order chi connectivity index (χ1) is 10.7. The van der Waals surface area contributed by atoms with E-state index >= 15 is 0 Å². The Morgan fingerprint density at radius 2 is 2.09 bits per heavy atom. The second-order valence-electron chi connectivity index (χ2n) is 4.77. The SMILES string of the molecule is CCOC(=O)c1c(Cn2cc(C(F)(F)F)ccc2=O)n[nH]c1C. The van der Waals surface area contributed by atoms with Gasteiger partial charge in [-0.25, -0.2) is 4.79 Å². The number of halogens is 3. The Morgan fingerprint density at radius 1 is 1.39 bits per heavy atom. The van der Waals surface area contributed by atoms with Gasteiger partial charge in [0.05, 0.1) is 24.4 Å². The van der Waals surface area contributed by atoms with Crippen molar-refractivity contribution in [2.24, 2.45) is 0 Å². The van der Waals surface area contributed by atoms with Crippen LogP contribution in [0.15, 0.2) is 23.1 Å². The number of H-pyrrole nitrogens is 1. The predicted octanol–water partition coefficient (Wildman–Crippen LogP) is 2.12. The number of aryl methyl sites for hydroxylation is 1. The van der Waals surface area contributed by atoms with Crippen LogP contribution in [0.3, 0.4) is 0 Å². The first kappa shape index (κ1) is 16.8. The highest BCUT2D eigenvalue weighted by Crippen LogP contribution is 2.28. The molecule has 6 nitrogen and oxygen atoms in total. The molecule has 0 aliphatic rings. The van der Waals surface area contributed by atoms with Gasteiger partial charge in [-0.15, -0.1) is 0 Å². The topological polar surface area (TPSA) is 77.0 Å². The number of nitrogens with one attached hydrogen (secondary N) is 1. The third kappa shape index (κ3) is 3.61. The Kier molecular flexibility index (Phi) is 4.57. The number of alkyl halides is 3. The van der Waals surface area contributed by atoms with Crippen LogP contribution >= 0.6 is 0 Å². The summed E-state index contributed by atoms with van der Waals surface area (Å²) < 4.78 is 44.0. The number of carbonyl (C=O) groups is 1. The van der Waals surface area contributed by atoms with Gasteiger partial charge in [-0.1, -0.05) is 0 Å². The van der Waals surface area contributed by atoms with Gasteiger partial charge >= 0.3 is 12.1 Å². The van der Waals surface area contributed by atoms with Crippen molar-refractivity contribution in [1.29, 1.82) is 0 Å². The number of nitrogens with zero attached hydrogens (tertiary/aromatic N) is 2. The van der Waals surface area contributed by atoms with Crippen LogP contribution in [0.1, 0.15) is 34.2 Å². The summed E-state index contributed by atoms with van der Waals surface area (Å²) in [5.74, 6) is -0.645. The van der Waals surface area contributed by atoms with Crippen LogP contribution < -0.4 is 5.56 Å². The number of esters is 1. The molecule has 0 bridgehead atoms. The highest BCUT2D eigenvalue weighted by atomic mass is 19.4. The molecule has 0 amide bonds. The molecule has 0 saturated carbocycles. The van der Waals surface area contributed by atoms with E-state index in [4.69, 9.17) is 4.74 Å². The smallest absolute Gasteiger partial charge is 0.417 e. The molecule has 0 radical (unpaired) electrons. The van der Waals surface area contributed by atoms with E-state index in [2.05, 4.69) is 10.2 Å². The zero-order valence-electron chi connectivity index (χ0n) is 12.4. The van der Waals surface area contributed by atoms with E-state index in [1.165, 1.54) is 0 Å². The van der Waals surface area contributed by atoms with E-state index in [0.717, 1.165) is 10.6 Å².